The maximum atomic E-state index is 12.3. The largest absolute Gasteiger partial charge is 0.379 e. The Morgan fingerprint density at radius 3 is 2.76 bits per heavy atom. The fourth-order valence-corrected chi connectivity index (χ4v) is 3.75. The highest BCUT2D eigenvalue weighted by atomic mass is 16.5. The number of ether oxygens (including phenoxy) is 1. The summed E-state index contributed by atoms with van der Waals surface area (Å²) >= 11 is 0. The third kappa shape index (κ3) is 5.80. The summed E-state index contributed by atoms with van der Waals surface area (Å²) in [5, 5.41) is 6.48. The lowest BCUT2D eigenvalue weighted by Gasteiger charge is -2.28. The predicted molar refractivity (Wildman–Crippen MR) is 101 cm³/mol. The highest BCUT2D eigenvalue weighted by Crippen LogP contribution is 2.23. The predicted octanol–water partition coefficient (Wildman–Crippen LogP) is 2.48. The summed E-state index contributed by atoms with van der Waals surface area (Å²) in [5.41, 5.74) is 2.17. The highest BCUT2D eigenvalue weighted by Gasteiger charge is 2.22. The molecule has 2 atom stereocenters. The van der Waals surface area contributed by atoms with Crippen LogP contribution in [0, 0.1) is 11.8 Å². The van der Waals surface area contributed by atoms with E-state index in [2.05, 4.69) is 34.6 Å². The van der Waals surface area contributed by atoms with Crippen molar-refractivity contribution in [1.82, 2.24) is 10.2 Å². The van der Waals surface area contributed by atoms with Crippen LogP contribution >= 0.6 is 0 Å². The van der Waals surface area contributed by atoms with Gasteiger partial charge in [-0.2, -0.15) is 0 Å². The second-order valence-electron chi connectivity index (χ2n) is 7.42. The molecule has 2 unspecified atom stereocenters. The Hall–Kier alpha value is -1.43. The summed E-state index contributed by atoms with van der Waals surface area (Å²) in [6, 6.07) is 8.25. The van der Waals surface area contributed by atoms with Crippen LogP contribution in [0.4, 0.5) is 5.69 Å². The number of amides is 1. The summed E-state index contributed by atoms with van der Waals surface area (Å²) in [5.74, 6) is 1.17. The Morgan fingerprint density at radius 1 is 1.32 bits per heavy atom. The lowest BCUT2D eigenvalue weighted by molar-refractivity contribution is -0.117. The number of hydrogen-bond acceptors (Lipinski definition) is 4. The van der Waals surface area contributed by atoms with Crippen LogP contribution in [0.15, 0.2) is 24.3 Å². The molecule has 1 amide bonds. The van der Waals surface area contributed by atoms with Crippen molar-refractivity contribution >= 4 is 11.6 Å². The van der Waals surface area contributed by atoms with E-state index >= 15 is 0 Å². The molecule has 2 heterocycles. The van der Waals surface area contributed by atoms with Gasteiger partial charge in [0.05, 0.1) is 13.2 Å². The van der Waals surface area contributed by atoms with Crippen LogP contribution in [-0.2, 0) is 16.1 Å². The number of hydrogen-bond donors (Lipinski definition) is 2. The Bertz CT molecular complexity index is 534. The summed E-state index contributed by atoms with van der Waals surface area (Å²) in [6.07, 6.45) is 3.06. The molecule has 2 fully saturated rings. The number of carbonyl (C=O) groups is 1. The molecule has 2 saturated heterocycles. The molecule has 0 saturated carbocycles. The molecular weight excluding hydrogens is 314 g/mol. The fraction of sp³-hybridized carbons (Fsp3) is 0.650. The number of rotatable bonds is 6. The standard InChI is InChI=1S/C20H31N3O2/c1-16(18-3-2-8-21-14-18)13-20(24)22-19-6-4-17(5-7-19)15-23-9-11-25-12-10-23/h4-7,16,18,21H,2-3,8-15H2,1H3,(H,22,24). The van der Waals surface area contributed by atoms with Crippen molar-refractivity contribution in [2.24, 2.45) is 11.8 Å². The minimum absolute atomic E-state index is 0.124. The summed E-state index contributed by atoms with van der Waals surface area (Å²) in [7, 11) is 0. The number of nitrogens with zero attached hydrogens (tertiary/aromatic N) is 1. The number of anilines is 1. The number of carbonyl (C=O) groups excluding carboxylic acids is 1. The van der Waals surface area contributed by atoms with Gasteiger partial charge in [0.1, 0.15) is 0 Å². The first-order chi connectivity index (χ1) is 12.2. The second-order valence-corrected chi connectivity index (χ2v) is 7.42. The van der Waals surface area contributed by atoms with Crippen molar-refractivity contribution in [2.45, 2.75) is 32.7 Å². The van der Waals surface area contributed by atoms with Gasteiger partial charge in [-0.1, -0.05) is 19.1 Å². The SMILES string of the molecule is CC(CC(=O)Nc1ccc(CN2CCOCC2)cc1)C1CCCNC1. The molecule has 5 nitrogen and oxygen atoms in total. The minimum Gasteiger partial charge on any atom is -0.379 e. The summed E-state index contributed by atoms with van der Waals surface area (Å²) < 4.78 is 5.38. The number of piperidine rings is 1. The smallest absolute Gasteiger partial charge is 0.224 e. The van der Waals surface area contributed by atoms with Crippen molar-refractivity contribution in [1.29, 1.82) is 0 Å². The Kier molecular flexibility index (Phi) is 6.84. The number of nitrogens with one attached hydrogen (secondary N) is 2. The van der Waals surface area contributed by atoms with E-state index in [0.29, 0.717) is 18.3 Å². The molecule has 0 bridgehead atoms. The molecule has 0 radical (unpaired) electrons. The van der Waals surface area contributed by atoms with Gasteiger partial charge in [-0.05, 0) is 55.5 Å². The maximum absolute atomic E-state index is 12.3. The molecule has 25 heavy (non-hydrogen) atoms. The van der Waals surface area contributed by atoms with Gasteiger partial charge >= 0.3 is 0 Å². The van der Waals surface area contributed by atoms with Crippen LogP contribution in [0.1, 0.15) is 31.7 Å². The van der Waals surface area contributed by atoms with E-state index in [-0.39, 0.29) is 5.91 Å². The molecule has 1 aromatic rings. The molecule has 0 aromatic heterocycles. The van der Waals surface area contributed by atoms with E-state index in [4.69, 9.17) is 4.74 Å². The molecule has 2 aliphatic rings. The van der Waals surface area contributed by atoms with E-state index in [1.54, 1.807) is 0 Å². The molecule has 138 valence electrons. The van der Waals surface area contributed by atoms with Gasteiger partial charge in [0.15, 0.2) is 0 Å². The third-order valence-corrected chi connectivity index (χ3v) is 5.39. The third-order valence-electron chi connectivity index (χ3n) is 5.39. The van der Waals surface area contributed by atoms with E-state index in [9.17, 15) is 4.79 Å². The molecule has 1 aromatic carbocycles. The normalized spacial score (nSPS) is 23.2. The van der Waals surface area contributed by atoms with E-state index in [0.717, 1.165) is 51.6 Å². The van der Waals surface area contributed by atoms with Gasteiger partial charge in [0.25, 0.3) is 0 Å². The fourth-order valence-electron chi connectivity index (χ4n) is 3.75. The molecule has 0 spiro atoms. The van der Waals surface area contributed by atoms with Crippen LogP contribution in [-0.4, -0.2) is 50.2 Å². The van der Waals surface area contributed by atoms with E-state index < -0.39 is 0 Å². The van der Waals surface area contributed by atoms with Gasteiger partial charge in [-0.25, -0.2) is 0 Å². The molecule has 0 aliphatic carbocycles. The summed E-state index contributed by atoms with van der Waals surface area (Å²) in [6.45, 7) is 8.94. The van der Waals surface area contributed by atoms with Crippen LogP contribution < -0.4 is 10.6 Å². The van der Waals surface area contributed by atoms with Crippen molar-refractivity contribution in [3.63, 3.8) is 0 Å². The average Bonchev–Trinajstić information content (AvgIpc) is 2.65. The van der Waals surface area contributed by atoms with Gasteiger partial charge in [0.2, 0.25) is 5.91 Å². The minimum atomic E-state index is 0.124. The van der Waals surface area contributed by atoms with E-state index in [1.165, 1.54) is 18.4 Å². The van der Waals surface area contributed by atoms with Crippen LogP contribution in [0.5, 0.6) is 0 Å². The van der Waals surface area contributed by atoms with Crippen LogP contribution in [0.3, 0.4) is 0 Å². The highest BCUT2D eigenvalue weighted by molar-refractivity contribution is 5.90. The average molecular weight is 345 g/mol. The van der Waals surface area contributed by atoms with Gasteiger partial charge in [0, 0.05) is 31.7 Å². The molecule has 2 N–H and O–H groups in total. The topological polar surface area (TPSA) is 53.6 Å². The van der Waals surface area contributed by atoms with Crippen LogP contribution in [0.2, 0.25) is 0 Å². The first-order valence-corrected chi connectivity index (χ1v) is 9.60. The zero-order valence-electron chi connectivity index (χ0n) is 15.3. The first kappa shape index (κ1) is 18.4. The quantitative estimate of drug-likeness (QED) is 0.832. The van der Waals surface area contributed by atoms with Gasteiger partial charge < -0.3 is 15.4 Å². The second kappa shape index (κ2) is 9.32. The molecule has 5 heteroatoms. The number of benzene rings is 1. The Balaban J connectivity index is 1.44. The summed E-state index contributed by atoms with van der Waals surface area (Å²) in [4.78, 5) is 14.7. The first-order valence-electron chi connectivity index (χ1n) is 9.60. The molecule has 2 aliphatic heterocycles. The Morgan fingerprint density at radius 2 is 2.08 bits per heavy atom. The Labute approximate surface area is 151 Å². The monoisotopic (exact) mass is 345 g/mol. The van der Waals surface area contributed by atoms with Gasteiger partial charge in [-0.15, -0.1) is 0 Å². The van der Waals surface area contributed by atoms with Crippen molar-refractivity contribution < 1.29 is 9.53 Å². The number of morpholine rings is 1. The molecular formula is C20H31N3O2. The van der Waals surface area contributed by atoms with Crippen molar-refractivity contribution in [3.05, 3.63) is 29.8 Å². The lowest BCUT2D eigenvalue weighted by Crippen LogP contribution is -2.35. The van der Waals surface area contributed by atoms with Crippen molar-refractivity contribution in [3.8, 4) is 0 Å². The van der Waals surface area contributed by atoms with Crippen LogP contribution in [0.25, 0.3) is 0 Å². The zero-order chi connectivity index (χ0) is 17.5. The molecule has 3 rings (SSSR count). The lowest BCUT2D eigenvalue weighted by atomic mass is 9.85. The van der Waals surface area contributed by atoms with Gasteiger partial charge in [-0.3, -0.25) is 9.69 Å². The zero-order valence-corrected chi connectivity index (χ0v) is 15.3. The van der Waals surface area contributed by atoms with Crippen molar-refractivity contribution in [2.75, 3.05) is 44.7 Å². The maximum Gasteiger partial charge on any atom is 0.224 e. The van der Waals surface area contributed by atoms with E-state index in [1.807, 2.05) is 12.1 Å².